The van der Waals surface area contributed by atoms with Gasteiger partial charge < -0.3 is 10.2 Å². The van der Waals surface area contributed by atoms with Crippen molar-refractivity contribution in [3.63, 3.8) is 0 Å². The van der Waals surface area contributed by atoms with Crippen molar-refractivity contribution in [1.29, 1.82) is 0 Å². The molecule has 5 nitrogen and oxygen atoms in total. The highest BCUT2D eigenvalue weighted by Crippen LogP contribution is 2.25. The highest BCUT2D eigenvalue weighted by atomic mass is 15.3. The number of aromatic nitrogens is 2. The van der Waals surface area contributed by atoms with E-state index in [0.717, 1.165) is 43.1 Å². The summed E-state index contributed by atoms with van der Waals surface area (Å²) in [5.74, 6) is 2.87. The molecule has 0 radical (unpaired) electrons. The zero-order valence-corrected chi connectivity index (χ0v) is 13.3. The molecule has 3 rings (SSSR count). The number of hydrogen-bond donors (Lipinski definition) is 1. The van der Waals surface area contributed by atoms with Crippen LogP contribution in [0.5, 0.6) is 0 Å². The van der Waals surface area contributed by atoms with Gasteiger partial charge in [-0.1, -0.05) is 12.8 Å². The number of nitrogens with zero attached hydrogens (tertiary/aromatic N) is 4. The lowest BCUT2D eigenvalue weighted by Gasteiger charge is -2.38. The van der Waals surface area contributed by atoms with E-state index in [2.05, 4.69) is 38.1 Å². The summed E-state index contributed by atoms with van der Waals surface area (Å²) in [6, 6.07) is 2.93. The van der Waals surface area contributed by atoms with Crippen LogP contribution in [-0.2, 0) is 0 Å². The van der Waals surface area contributed by atoms with Crippen molar-refractivity contribution in [2.75, 3.05) is 42.9 Å². The number of rotatable bonds is 4. The largest absolute Gasteiger partial charge is 0.370 e. The molecule has 0 amide bonds. The first-order valence-corrected chi connectivity index (χ1v) is 8.35. The zero-order chi connectivity index (χ0) is 14.7. The van der Waals surface area contributed by atoms with Gasteiger partial charge in [-0.2, -0.15) is 0 Å². The summed E-state index contributed by atoms with van der Waals surface area (Å²) in [6.45, 7) is 9.47. The lowest BCUT2D eigenvalue weighted by atomic mass is 10.2. The molecule has 2 heterocycles. The van der Waals surface area contributed by atoms with Crippen LogP contribution in [0, 0.1) is 6.92 Å². The molecule has 0 bridgehead atoms. The molecule has 0 unspecified atom stereocenters. The van der Waals surface area contributed by atoms with Crippen molar-refractivity contribution in [3.05, 3.63) is 11.9 Å². The minimum atomic E-state index is 0.844. The average Bonchev–Trinajstić information content (AvgIpc) is 3.01. The number of hydrogen-bond acceptors (Lipinski definition) is 5. The fraction of sp³-hybridized carbons (Fsp3) is 0.750. The molecule has 2 aliphatic rings. The van der Waals surface area contributed by atoms with E-state index >= 15 is 0 Å². The van der Waals surface area contributed by atoms with Crippen LogP contribution >= 0.6 is 0 Å². The summed E-state index contributed by atoms with van der Waals surface area (Å²) in [4.78, 5) is 14.1. The van der Waals surface area contributed by atoms with Gasteiger partial charge in [-0.15, -0.1) is 0 Å². The average molecular weight is 289 g/mol. The number of piperazine rings is 1. The number of aryl methyl sites for hydroxylation is 1. The molecule has 1 saturated carbocycles. The molecule has 1 aliphatic heterocycles. The third-order valence-corrected chi connectivity index (χ3v) is 4.66. The summed E-state index contributed by atoms with van der Waals surface area (Å²) < 4.78 is 0. The molecule has 5 heteroatoms. The molecule has 116 valence electrons. The Morgan fingerprint density at radius 2 is 1.86 bits per heavy atom. The Morgan fingerprint density at radius 1 is 1.14 bits per heavy atom. The smallest absolute Gasteiger partial charge is 0.134 e. The molecule has 0 atom stereocenters. The van der Waals surface area contributed by atoms with Crippen molar-refractivity contribution in [1.82, 2.24) is 14.9 Å². The molecule has 1 aromatic rings. The zero-order valence-electron chi connectivity index (χ0n) is 13.3. The maximum absolute atomic E-state index is 4.62. The van der Waals surface area contributed by atoms with Crippen LogP contribution < -0.4 is 10.2 Å². The molecule has 21 heavy (non-hydrogen) atoms. The predicted molar refractivity (Wildman–Crippen MR) is 87.0 cm³/mol. The summed E-state index contributed by atoms with van der Waals surface area (Å²) in [5, 5.41) is 3.29. The van der Waals surface area contributed by atoms with E-state index in [1.807, 2.05) is 6.92 Å². The maximum Gasteiger partial charge on any atom is 0.134 e. The highest BCUT2D eigenvalue weighted by Gasteiger charge is 2.26. The SMILES string of the molecule is CCNc1cc(N2CCN(C3CCCC3)CC2)nc(C)n1. The third-order valence-electron chi connectivity index (χ3n) is 4.66. The first kappa shape index (κ1) is 14.6. The molecule has 1 aliphatic carbocycles. The van der Waals surface area contributed by atoms with Gasteiger partial charge in [-0.05, 0) is 26.7 Å². The lowest BCUT2D eigenvalue weighted by Crippen LogP contribution is -2.50. The highest BCUT2D eigenvalue weighted by molar-refractivity contribution is 5.49. The van der Waals surface area contributed by atoms with Gasteiger partial charge in [0.25, 0.3) is 0 Å². The van der Waals surface area contributed by atoms with Gasteiger partial charge in [-0.3, -0.25) is 4.90 Å². The Labute approximate surface area is 127 Å². The van der Waals surface area contributed by atoms with Crippen LogP contribution in [0.2, 0.25) is 0 Å². The van der Waals surface area contributed by atoms with Crippen LogP contribution in [0.1, 0.15) is 38.4 Å². The normalized spacial score (nSPS) is 21.0. The molecule has 0 aromatic carbocycles. The quantitative estimate of drug-likeness (QED) is 0.921. The van der Waals surface area contributed by atoms with E-state index in [0.29, 0.717) is 0 Å². The summed E-state index contributed by atoms with van der Waals surface area (Å²) >= 11 is 0. The predicted octanol–water partition coefficient (Wildman–Crippen LogP) is 2.28. The van der Waals surface area contributed by atoms with Crippen molar-refractivity contribution in [2.45, 2.75) is 45.6 Å². The van der Waals surface area contributed by atoms with E-state index in [1.165, 1.54) is 38.8 Å². The van der Waals surface area contributed by atoms with Crippen LogP contribution in [0.25, 0.3) is 0 Å². The second-order valence-corrected chi connectivity index (χ2v) is 6.15. The van der Waals surface area contributed by atoms with Gasteiger partial charge in [0.2, 0.25) is 0 Å². The summed E-state index contributed by atoms with van der Waals surface area (Å²) in [6.07, 6.45) is 5.64. The monoisotopic (exact) mass is 289 g/mol. The Hall–Kier alpha value is -1.36. The minimum absolute atomic E-state index is 0.844. The molecule has 0 spiro atoms. The minimum Gasteiger partial charge on any atom is -0.370 e. The van der Waals surface area contributed by atoms with Crippen molar-refractivity contribution in [3.8, 4) is 0 Å². The topological polar surface area (TPSA) is 44.3 Å². The van der Waals surface area contributed by atoms with Gasteiger partial charge in [0.05, 0.1) is 0 Å². The lowest BCUT2D eigenvalue weighted by molar-refractivity contribution is 0.187. The standard InChI is InChI=1S/C16H27N5/c1-3-17-15-12-16(19-13(2)18-15)21-10-8-20(9-11-21)14-6-4-5-7-14/h12,14H,3-11H2,1-2H3,(H,17,18,19). The van der Waals surface area contributed by atoms with E-state index < -0.39 is 0 Å². The number of nitrogens with one attached hydrogen (secondary N) is 1. The van der Waals surface area contributed by atoms with Gasteiger partial charge >= 0.3 is 0 Å². The Morgan fingerprint density at radius 3 is 2.52 bits per heavy atom. The van der Waals surface area contributed by atoms with Crippen molar-refractivity contribution in [2.24, 2.45) is 0 Å². The van der Waals surface area contributed by atoms with Gasteiger partial charge in [0.1, 0.15) is 17.5 Å². The van der Waals surface area contributed by atoms with Crippen LogP contribution in [0.4, 0.5) is 11.6 Å². The second kappa shape index (κ2) is 6.60. The Balaban J connectivity index is 1.63. The first-order chi connectivity index (χ1) is 10.3. The van der Waals surface area contributed by atoms with Crippen LogP contribution in [0.3, 0.4) is 0 Å². The molecular weight excluding hydrogens is 262 g/mol. The number of anilines is 2. The van der Waals surface area contributed by atoms with E-state index in [-0.39, 0.29) is 0 Å². The molecule has 1 saturated heterocycles. The van der Waals surface area contributed by atoms with Gasteiger partial charge in [-0.25, -0.2) is 9.97 Å². The molecular formula is C16H27N5. The van der Waals surface area contributed by atoms with Gasteiger partial charge in [0, 0.05) is 44.8 Å². The first-order valence-electron chi connectivity index (χ1n) is 8.35. The Bertz CT molecular complexity index is 462. The molecule has 2 fully saturated rings. The van der Waals surface area contributed by atoms with Crippen LogP contribution in [-0.4, -0.2) is 53.6 Å². The fourth-order valence-corrected chi connectivity index (χ4v) is 3.57. The van der Waals surface area contributed by atoms with Crippen molar-refractivity contribution >= 4 is 11.6 Å². The fourth-order valence-electron chi connectivity index (χ4n) is 3.57. The van der Waals surface area contributed by atoms with Gasteiger partial charge in [0.15, 0.2) is 0 Å². The van der Waals surface area contributed by atoms with Crippen LogP contribution in [0.15, 0.2) is 6.07 Å². The Kier molecular flexibility index (Phi) is 4.58. The molecule has 1 aromatic heterocycles. The maximum atomic E-state index is 4.62. The molecule has 1 N–H and O–H groups in total. The van der Waals surface area contributed by atoms with E-state index in [4.69, 9.17) is 0 Å². The summed E-state index contributed by atoms with van der Waals surface area (Å²) in [7, 11) is 0. The third kappa shape index (κ3) is 3.46. The van der Waals surface area contributed by atoms with E-state index in [9.17, 15) is 0 Å². The van der Waals surface area contributed by atoms with E-state index in [1.54, 1.807) is 0 Å². The summed E-state index contributed by atoms with van der Waals surface area (Å²) in [5.41, 5.74) is 0. The van der Waals surface area contributed by atoms with Crippen molar-refractivity contribution < 1.29 is 0 Å². The second-order valence-electron chi connectivity index (χ2n) is 6.15.